The molecule has 1 unspecified atom stereocenters. The van der Waals surface area contributed by atoms with Gasteiger partial charge in [0.2, 0.25) is 0 Å². The number of benzene rings is 1. The molecule has 0 saturated carbocycles. The summed E-state index contributed by atoms with van der Waals surface area (Å²) in [6, 6.07) is 6.89. The highest BCUT2D eigenvalue weighted by molar-refractivity contribution is 6.30. The van der Waals surface area contributed by atoms with Crippen LogP contribution in [0, 0.1) is 0 Å². The number of hydrogen-bond acceptors (Lipinski definition) is 3. The molecule has 0 heterocycles. The van der Waals surface area contributed by atoms with Gasteiger partial charge in [-0.2, -0.15) is 0 Å². The third-order valence-electron chi connectivity index (χ3n) is 2.46. The zero-order valence-electron chi connectivity index (χ0n) is 11.7. The Kier molecular flexibility index (Phi) is 5.20. The van der Waals surface area contributed by atoms with Crippen molar-refractivity contribution in [1.29, 1.82) is 0 Å². The number of halogens is 1. The van der Waals surface area contributed by atoms with Crippen LogP contribution < -0.4 is 4.74 Å². The van der Waals surface area contributed by atoms with E-state index in [0.717, 1.165) is 0 Å². The summed E-state index contributed by atoms with van der Waals surface area (Å²) in [6.07, 6.45) is -0.634. The van der Waals surface area contributed by atoms with E-state index in [4.69, 9.17) is 16.3 Å². The van der Waals surface area contributed by atoms with E-state index in [-0.39, 0.29) is 12.5 Å². The van der Waals surface area contributed by atoms with Gasteiger partial charge in [-0.25, -0.2) is 0 Å². The Morgan fingerprint density at radius 2 is 2.16 bits per heavy atom. The summed E-state index contributed by atoms with van der Waals surface area (Å²) in [5, 5.41) is 10.3. The van der Waals surface area contributed by atoms with Crippen LogP contribution in [0.5, 0.6) is 5.75 Å². The highest BCUT2D eigenvalue weighted by Crippen LogP contribution is 2.19. The van der Waals surface area contributed by atoms with Gasteiger partial charge in [-0.1, -0.05) is 17.7 Å². The van der Waals surface area contributed by atoms with Crippen LogP contribution in [-0.4, -0.2) is 41.2 Å². The fraction of sp³-hybridized carbons (Fsp3) is 0.500. The highest BCUT2D eigenvalue weighted by Gasteiger charge is 2.24. The normalized spacial score (nSPS) is 12.9. The molecular weight excluding hydrogens is 266 g/mol. The van der Waals surface area contributed by atoms with Gasteiger partial charge in [0.1, 0.15) is 5.75 Å². The molecule has 4 nitrogen and oxygen atoms in total. The molecule has 0 aliphatic rings. The first kappa shape index (κ1) is 15.8. The second kappa shape index (κ2) is 6.26. The summed E-state index contributed by atoms with van der Waals surface area (Å²) in [7, 11) is 1.64. The van der Waals surface area contributed by atoms with Gasteiger partial charge in [-0.05, 0) is 39.0 Å². The number of carbonyl (C=O) groups excluding carboxylic acids is 1. The lowest BCUT2D eigenvalue weighted by molar-refractivity contribution is -0.139. The topological polar surface area (TPSA) is 49.8 Å². The standard InChI is InChI=1S/C14H20ClNO3/c1-10(13(17)16(4)9-14(2,3)18)19-12-7-5-6-11(15)8-12/h5-8,10,18H,9H2,1-4H3. The molecule has 1 atom stereocenters. The first-order valence-electron chi connectivity index (χ1n) is 6.08. The smallest absolute Gasteiger partial charge is 0.263 e. The van der Waals surface area contributed by atoms with E-state index < -0.39 is 11.7 Å². The van der Waals surface area contributed by atoms with Gasteiger partial charge in [-0.3, -0.25) is 4.79 Å². The fourth-order valence-corrected chi connectivity index (χ4v) is 1.94. The molecule has 0 aliphatic heterocycles. The summed E-state index contributed by atoms with van der Waals surface area (Å²) in [4.78, 5) is 13.5. The minimum atomic E-state index is -0.930. The third-order valence-corrected chi connectivity index (χ3v) is 2.69. The highest BCUT2D eigenvalue weighted by atomic mass is 35.5. The van der Waals surface area contributed by atoms with Gasteiger partial charge in [0.05, 0.1) is 5.60 Å². The van der Waals surface area contributed by atoms with Gasteiger partial charge < -0.3 is 14.7 Å². The molecule has 1 aromatic carbocycles. The minimum absolute atomic E-state index is 0.192. The predicted molar refractivity (Wildman–Crippen MR) is 75.5 cm³/mol. The predicted octanol–water partition coefficient (Wildman–Crippen LogP) is 2.34. The largest absolute Gasteiger partial charge is 0.481 e. The van der Waals surface area contributed by atoms with Crippen LogP contribution in [0.15, 0.2) is 24.3 Å². The number of nitrogens with zero attached hydrogens (tertiary/aromatic N) is 1. The van der Waals surface area contributed by atoms with E-state index in [1.54, 1.807) is 52.1 Å². The van der Waals surface area contributed by atoms with E-state index in [0.29, 0.717) is 10.8 Å². The molecule has 5 heteroatoms. The second-order valence-electron chi connectivity index (χ2n) is 5.22. The lowest BCUT2D eigenvalue weighted by Gasteiger charge is -2.27. The van der Waals surface area contributed by atoms with E-state index >= 15 is 0 Å². The van der Waals surface area contributed by atoms with Crippen molar-refractivity contribution in [2.24, 2.45) is 0 Å². The molecule has 1 amide bonds. The van der Waals surface area contributed by atoms with Crippen LogP contribution in [0.1, 0.15) is 20.8 Å². The fourth-order valence-electron chi connectivity index (χ4n) is 1.76. The summed E-state index contributed by atoms with van der Waals surface area (Å²) >= 11 is 5.85. The maximum absolute atomic E-state index is 12.1. The SMILES string of the molecule is CC(Oc1cccc(Cl)c1)C(=O)N(C)CC(C)(C)O. The Bertz CT molecular complexity index is 443. The molecule has 0 bridgehead atoms. The van der Waals surface area contributed by atoms with Crippen LogP contribution in [-0.2, 0) is 4.79 Å². The molecule has 106 valence electrons. The summed E-state index contributed by atoms with van der Waals surface area (Å²) in [5.74, 6) is 0.354. The van der Waals surface area contributed by atoms with Crippen molar-refractivity contribution in [2.75, 3.05) is 13.6 Å². The third kappa shape index (κ3) is 5.49. The minimum Gasteiger partial charge on any atom is -0.481 e. The van der Waals surface area contributed by atoms with Crippen LogP contribution in [0.25, 0.3) is 0 Å². The van der Waals surface area contributed by atoms with Crippen LogP contribution >= 0.6 is 11.6 Å². The van der Waals surface area contributed by atoms with Crippen molar-refractivity contribution in [3.63, 3.8) is 0 Å². The molecule has 1 aromatic rings. The van der Waals surface area contributed by atoms with Crippen LogP contribution in [0.3, 0.4) is 0 Å². The van der Waals surface area contributed by atoms with Crippen molar-refractivity contribution in [3.05, 3.63) is 29.3 Å². The van der Waals surface area contributed by atoms with Gasteiger partial charge >= 0.3 is 0 Å². The van der Waals surface area contributed by atoms with E-state index in [2.05, 4.69) is 0 Å². The molecule has 0 aromatic heterocycles. The number of rotatable bonds is 5. The molecule has 19 heavy (non-hydrogen) atoms. The average Bonchev–Trinajstić information content (AvgIpc) is 2.25. The first-order chi connectivity index (χ1) is 8.69. The van der Waals surface area contributed by atoms with Gasteiger partial charge in [0.15, 0.2) is 6.10 Å². The maximum atomic E-state index is 12.1. The van der Waals surface area contributed by atoms with Gasteiger partial charge in [0.25, 0.3) is 5.91 Å². The number of ether oxygens (including phenoxy) is 1. The quantitative estimate of drug-likeness (QED) is 0.903. The number of likely N-dealkylation sites (N-methyl/N-ethyl adjacent to an activating group) is 1. The molecule has 0 fully saturated rings. The van der Waals surface area contributed by atoms with Crippen LogP contribution in [0.2, 0.25) is 5.02 Å². The number of amides is 1. The van der Waals surface area contributed by atoms with Crippen molar-refractivity contribution < 1.29 is 14.6 Å². The zero-order chi connectivity index (χ0) is 14.6. The number of hydrogen-bond donors (Lipinski definition) is 1. The van der Waals surface area contributed by atoms with Crippen molar-refractivity contribution in [2.45, 2.75) is 32.5 Å². The number of carbonyl (C=O) groups is 1. The summed E-state index contributed by atoms with van der Waals surface area (Å²) in [6.45, 7) is 5.22. The zero-order valence-corrected chi connectivity index (χ0v) is 12.4. The molecule has 0 aliphatic carbocycles. The molecule has 0 saturated heterocycles. The van der Waals surface area contributed by atoms with Gasteiger partial charge in [-0.15, -0.1) is 0 Å². The molecule has 0 spiro atoms. The summed E-state index contributed by atoms with van der Waals surface area (Å²) < 4.78 is 5.54. The first-order valence-corrected chi connectivity index (χ1v) is 6.46. The molecule has 1 rings (SSSR count). The molecular formula is C14H20ClNO3. The number of aliphatic hydroxyl groups is 1. The molecule has 0 radical (unpaired) electrons. The van der Waals surface area contributed by atoms with Crippen molar-refractivity contribution in [1.82, 2.24) is 4.90 Å². The Hall–Kier alpha value is -1.26. The van der Waals surface area contributed by atoms with Crippen LogP contribution in [0.4, 0.5) is 0 Å². The average molecular weight is 286 g/mol. The Morgan fingerprint density at radius 1 is 1.53 bits per heavy atom. The van der Waals surface area contributed by atoms with E-state index in [1.807, 2.05) is 0 Å². The second-order valence-corrected chi connectivity index (χ2v) is 5.66. The summed E-state index contributed by atoms with van der Waals surface area (Å²) in [5.41, 5.74) is -0.930. The maximum Gasteiger partial charge on any atom is 0.263 e. The van der Waals surface area contributed by atoms with Gasteiger partial charge in [0, 0.05) is 18.6 Å². The Balaban J connectivity index is 2.62. The lowest BCUT2D eigenvalue weighted by atomic mass is 10.1. The monoisotopic (exact) mass is 285 g/mol. The van der Waals surface area contributed by atoms with E-state index in [9.17, 15) is 9.90 Å². The van der Waals surface area contributed by atoms with Crippen molar-refractivity contribution in [3.8, 4) is 5.75 Å². The Labute approximate surface area is 118 Å². The lowest BCUT2D eigenvalue weighted by Crippen LogP contribution is -2.44. The van der Waals surface area contributed by atoms with Crippen molar-refractivity contribution >= 4 is 17.5 Å². The Morgan fingerprint density at radius 3 is 2.68 bits per heavy atom. The van der Waals surface area contributed by atoms with E-state index in [1.165, 1.54) is 4.90 Å². The molecule has 1 N–H and O–H groups in total.